The number of aliphatic hydroxyl groups is 1. The molecule has 1 saturated heterocycles. The first-order valence-electron chi connectivity index (χ1n) is 12.0. The molecule has 1 aliphatic rings. The lowest BCUT2D eigenvalue weighted by molar-refractivity contribution is -0.146. The largest absolute Gasteiger partial charge is 0.497 e. The molecule has 2 aromatic carbocycles. The molecule has 1 aromatic heterocycles. The Balaban J connectivity index is 1.41. The van der Waals surface area contributed by atoms with Crippen molar-refractivity contribution >= 4 is 28.5 Å². The number of aromatic nitrogens is 1. The average Bonchev–Trinajstić information content (AvgIpc) is 2.89. The lowest BCUT2D eigenvalue weighted by atomic mass is 9.81. The van der Waals surface area contributed by atoms with Crippen LogP contribution in [0.4, 0.5) is 8.78 Å². The Hall–Kier alpha value is -3.25. The molecular weight excluding hydrogens is 502 g/mol. The summed E-state index contributed by atoms with van der Waals surface area (Å²) >= 11 is 6.40. The second kappa shape index (κ2) is 11.9. The SMILES string of the molecule is COc1ccc2ncc(Cl)c(C(O)CCC3CCN(CC#Cc4cc(F)ccc4F)CC3C(=O)O)c2c1. The number of benzene rings is 2. The highest BCUT2D eigenvalue weighted by Gasteiger charge is 2.34. The van der Waals surface area contributed by atoms with E-state index in [4.69, 9.17) is 16.3 Å². The van der Waals surface area contributed by atoms with Crippen LogP contribution in [0.3, 0.4) is 0 Å². The average molecular weight is 529 g/mol. The fraction of sp³-hybridized carbons (Fsp3) is 0.357. The van der Waals surface area contributed by atoms with E-state index in [0.717, 1.165) is 18.2 Å². The minimum absolute atomic E-state index is 0.0291. The van der Waals surface area contributed by atoms with E-state index >= 15 is 0 Å². The first-order valence-corrected chi connectivity index (χ1v) is 12.3. The molecule has 1 aliphatic heterocycles. The number of ether oxygens (including phenoxy) is 1. The van der Waals surface area contributed by atoms with E-state index in [-0.39, 0.29) is 24.6 Å². The number of hydrogen-bond donors (Lipinski definition) is 2. The van der Waals surface area contributed by atoms with Crippen molar-refractivity contribution < 1.29 is 28.5 Å². The van der Waals surface area contributed by atoms with Crippen LogP contribution in [0.5, 0.6) is 5.75 Å². The molecule has 3 unspecified atom stereocenters. The maximum atomic E-state index is 13.8. The number of carbonyl (C=O) groups is 1. The van der Waals surface area contributed by atoms with Gasteiger partial charge in [-0.2, -0.15) is 0 Å². The highest BCUT2D eigenvalue weighted by Crippen LogP contribution is 2.36. The van der Waals surface area contributed by atoms with Gasteiger partial charge in [0.1, 0.15) is 17.4 Å². The van der Waals surface area contributed by atoms with Crippen molar-refractivity contribution in [3.63, 3.8) is 0 Å². The predicted molar refractivity (Wildman–Crippen MR) is 136 cm³/mol. The number of fused-ring (bicyclic) bond motifs is 1. The van der Waals surface area contributed by atoms with Gasteiger partial charge in [-0.25, -0.2) is 8.78 Å². The van der Waals surface area contributed by atoms with E-state index in [1.807, 2.05) is 4.90 Å². The molecule has 6 nitrogen and oxygen atoms in total. The molecule has 9 heteroatoms. The van der Waals surface area contributed by atoms with Gasteiger partial charge in [0, 0.05) is 23.7 Å². The third kappa shape index (κ3) is 6.37. The van der Waals surface area contributed by atoms with E-state index in [2.05, 4.69) is 16.8 Å². The van der Waals surface area contributed by atoms with Gasteiger partial charge in [0.15, 0.2) is 0 Å². The summed E-state index contributed by atoms with van der Waals surface area (Å²) in [6, 6.07) is 8.45. The Morgan fingerprint density at radius 1 is 1.30 bits per heavy atom. The predicted octanol–water partition coefficient (Wildman–Crippen LogP) is 5.06. The van der Waals surface area contributed by atoms with E-state index in [9.17, 15) is 23.8 Å². The summed E-state index contributed by atoms with van der Waals surface area (Å²) in [5.74, 6) is 3.21. The Morgan fingerprint density at radius 3 is 2.86 bits per heavy atom. The summed E-state index contributed by atoms with van der Waals surface area (Å²) in [7, 11) is 1.55. The van der Waals surface area contributed by atoms with Crippen molar-refractivity contribution in [3.8, 4) is 17.6 Å². The highest BCUT2D eigenvalue weighted by molar-refractivity contribution is 6.32. The van der Waals surface area contributed by atoms with E-state index in [0.29, 0.717) is 53.0 Å². The number of halogens is 3. The maximum Gasteiger partial charge on any atom is 0.308 e. The number of carboxylic acid groups (broad SMARTS) is 1. The standard InChI is InChI=1S/C28H27ClF2N2O4/c1-37-20-6-8-25-21(14-20)27(23(29)15-32-25)26(34)9-4-17-10-12-33(16-22(17)28(35)36)11-2-3-18-13-19(30)5-7-24(18)31/h5-8,13-15,17,22,26,34H,4,9-12,16H2,1H3,(H,35,36). The summed E-state index contributed by atoms with van der Waals surface area (Å²) in [6.45, 7) is 1.14. The van der Waals surface area contributed by atoms with Gasteiger partial charge in [-0.1, -0.05) is 23.4 Å². The Kier molecular flexibility index (Phi) is 8.59. The third-order valence-corrected chi connectivity index (χ3v) is 7.12. The van der Waals surface area contributed by atoms with Gasteiger partial charge in [0.2, 0.25) is 0 Å². The summed E-state index contributed by atoms with van der Waals surface area (Å²) in [5, 5.41) is 21.9. The first-order chi connectivity index (χ1) is 17.8. The smallest absolute Gasteiger partial charge is 0.308 e. The van der Waals surface area contributed by atoms with Crippen molar-refractivity contribution in [2.45, 2.75) is 25.4 Å². The van der Waals surface area contributed by atoms with Crippen LogP contribution in [0, 0.1) is 35.3 Å². The number of carboxylic acids is 1. The Labute approximate surface area is 218 Å². The molecule has 0 radical (unpaired) electrons. The van der Waals surface area contributed by atoms with Crippen molar-refractivity contribution in [1.82, 2.24) is 9.88 Å². The maximum absolute atomic E-state index is 13.8. The van der Waals surface area contributed by atoms with Crippen molar-refractivity contribution in [3.05, 3.63) is 70.4 Å². The third-order valence-electron chi connectivity index (χ3n) is 6.82. The molecule has 37 heavy (non-hydrogen) atoms. The molecule has 0 saturated carbocycles. The lowest BCUT2D eigenvalue weighted by Gasteiger charge is -2.36. The van der Waals surface area contributed by atoms with Crippen LogP contribution in [-0.4, -0.2) is 52.8 Å². The van der Waals surface area contributed by atoms with Gasteiger partial charge >= 0.3 is 5.97 Å². The number of pyridine rings is 1. The van der Waals surface area contributed by atoms with Gasteiger partial charge < -0.3 is 14.9 Å². The zero-order valence-electron chi connectivity index (χ0n) is 20.3. The number of methoxy groups -OCH3 is 1. The van der Waals surface area contributed by atoms with Gasteiger partial charge in [-0.05, 0) is 68.1 Å². The summed E-state index contributed by atoms with van der Waals surface area (Å²) in [6.07, 6.45) is 2.05. The lowest BCUT2D eigenvalue weighted by Crippen LogP contribution is -2.44. The zero-order chi connectivity index (χ0) is 26.5. The van der Waals surface area contributed by atoms with Gasteiger partial charge in [0.25, 0.3) is 0 Å². The number of aliphatic hydroxyl groups excluding tert-OH is 1. The number of piperidine rings is 1. The van der Waals surface area contributed by atoms with Crippen LogP contribution < -0.4 is 4.74 Å². The summed E-state index contributed by atoms with van der Waals surface area (Å²) in [4.78, 5) is 18.3. The molecule has 4 rings (SSSR count). The van der Waals surface area contributed by atoms with Crippen LogP contribution in [0.1, 0.15) is 36.5 Å². The molecule has 3 atom stereocenters. The van der Waals surface area contributed by atoms with E-state index in [1.165, 1.54) is 6.20 Å². The van der Waals surface area contributed by atoms with Crippen molar-refractivity contribution in [1.29, 1.82) is 0 Å². The molecule has 2 N–H and O–H groups in total. The molecule has 194 valence electrons. The zero-order valence-corrected chi connectivity index (χ0v) is 21.0. The van der Waals surface area contributed by atoms with Crippen LogP contribution in [0.2, 0.25) is 5.02 Å². The fourth-order valence-corrected chi connectivity index (χ4v) is 5.10. The monoisotopic (exact) mass is 528 g/mol. The topological polar surface area (TPSA) is 82.9 Å². The molecule has 0 aliphatic carbocycles. The summed E-state index contributed by atoms with van der Waals surface area (Å²) < 4.78 is 32.4. The fourth-order valence-electron chi connectivity index (χ4n) is 4.83. The van der Waals surface area contributed by atoms with Crippen molar-refractivity contribution in [2.24, 2.45) is 11.8 Å². The number of rotatable bonds is 7. The Morgan fingerprint density at radius 2 is 2.11 bits per heavy atom. The number of nitrogens with zero attached hydrogens (tertiary/aromatic N) is 2. The molecule has 2 heterocycles. The number of aliphatic carboxylic acids is 1. The van der Waals surface area contributed by atoms with Gasteiger partial charge in [-0.3, -0.25) is 14.7 Å². The van der Waals surface area contributed by atoms with Crippen LogP contribution >= 0.6 is 11.6 Å². The van der Waals surface area contributed by atoms with E-state index in [1.54, 1.807) is 25.3 Å². The first kappa shape index (κ1) is 26.8. The second-order valence-corrected chi connectivity index (χ2v) is 9.56. The quantitative estimate of drug-likeness (QED) is 0.417. The second-order valence-electron chi connectivity index (χ2n) is 9.15. The molecular formula is C28H27ClF2N2O4. The Bertz CT molecular complexity index is 1360. The molecule has 3 aromatic rings. The van der Waals surface area contributed by atoms with Crippen LogP contribution in [0.15, 0.2) is 42.6 Å². The molecule has 1 fully saturated rings. The highest BCUT2D eigenvalue weighted by atomic mass is 35.5. The minimum Gasteiger partial charge on any atom is -0.497 e. The van der Waals surface area contributed by atoms with E-state index < -0.39 is 29.6 Å². The molecule has 0 bridgehead atoms. The van der Waals surface area contributed by atoms with Crippen LogP contribution in [-0.2, 0) is 4.79 Å². The number of likely N-dealkylation sites (tertiary alicyclic amines) is 1. The van der Waals surface area contributed by atoms with Gasteiger partial charge in [-0.15, -0.1) is 0 Å². The molecule has 0 spiro atoms. The van der Waals surface area contributed by atoms with Crippen LogP contribution in [0.25, 0.3) is 10.9 Å². The molecule has 0 amide bonds. The number of hydrogen-bond acceptors (Lipinski definition) is 5. The normalized spacial score (nSPS) is 18.7. The van der Waals surface area contributed by atoms with Gasteiger partial charge in [0.05, 0.1) is 41.8 Å². The summed E-state index contributed by atoms with van der Waals surface area (Å²) in [5.41, 5.74) is 1.20. The van der Waals surface area contributed by atoms with Crippen molar-refractivity contribution in [2.75, 3.05) is 26.7 Å². The minimum atomic E-state index is -0.912.